The third-order valence-electron chi connectivity index (χ3n) is 3.75. The lowest BCUT2D eigenvalue weighted by Crippen LogP contribution is -2.37. The molecule has 0 aliphatic carbocycles. The van der Waals surface area contributed by atoms with E-state index in [9.17, 15) is 26.0 Å². The van der Waals surface area contributed by atoms with E-state index in [2.05, 4.69) is 10.3 Å². The van der Waals surface area contributed by atoms with Crippen LogP contribution in [-0.2, 0) is 16.6 Å². The van der Waals surface area contributed by atoms with Gasteiger partial charge in [-0.15, -0.1) is 12.4 Å². The Morgan fingerprint density at radius 2 is 1.80 bits per heavy atom. The summed E-state index contributed by atoms with van der Waals surface area (Å²) in [5, 5.41) is 3.08. The molecule has 2 rings (SSSR count). The first kappa shape index (κ1) is 26.1. The van der Waals surface area contributed by atoms with Crippen LogP contribution < -0.4 is 14.8 Å². The van der Waals surface area contributed by atoms with E-state index in [0.717, 1.165) is 6.20 Å². The summed E-state index contributed by atoms with van der Waals surface area (Å²) in [6.45, 7) is 2.52. The van der Waals surface area contributed by atoms with Crippen LogP contribution in [0.3, 0.4) is 0 Å². The standard InChI is InChI=1S/C18H21F4N3O3S.ClH/c1-12(28-16-7-15(19)10-24-11-16)8-23-9-13-3-5-14(6-4-13)17(18(20,21)22)25-29(2,26)27;/h3-7,10-12,17,23,25H,8-9H2,1-2H3;1H/t12-,17+;/m1./s1. The zero-order valence-corrected chi connectivity index (χ0v) is 17.7. The molecule has 1 aromatic heterocycles. The molecule has 12 heteroatoms. The maximum absolute atomic E-state index is 13.2. The van der Waals surface area contributed by atoms with Crippen LogP contribution in [0.5, 0.6) is 5.75 Å². The smallest absolute Gasteiger partial charge is 0.408 e. The average molecular weight is 472 g/mol. The Bertz CT molecular complexity index is 912. The van der Waals surface area contributed by atoms with Crippen molar-refractivity contribution in [2.75, 3.05) is 12.8 Å². The lowest BCUT2D eigenvalue weighted by Gasteiger charge is -2.21. The van der Waals surface area contributed by atoms with Gasteiger partial charge in [-0.1, -0.05) is 24.3 Å². The molecule has 0 radical (unpaired) electrons. The molecule has 2 aromatic rings. The number of pyridine rings is 1. The number of ether oxygens (including phenoxy) is 1. The van der Waals surface area contributed by atoms with Gasteiger partial charge in [0.1, 0.15) is 23.7 Å². The number of nitrogens with one attached hydrogen (secondary N) is 2. The van der Waals surface area contributed by atoms with E-state index in [-0.39, 0.29) is 24.1 Å². The fraction of sp³-hybridized carbons (Fsp3) is 0.389. The van der Waals surface area contributed by atoms with E-state index in [1.165, 1.54) is 36.5 Å². The van der Waals surface area contributed by atoms with E-state index in [4.69, 9.17) is 4.74 Å². The Morgan fingerprint density at radius 3 is 2.33 bits per heavy atom. The highest BCUT2D eigenvalue weighted by atomic mass is 35.5. The van der Waals surface area contributed by atoms with Gasteiger partial charge in [0.05, 0.1) is 18.6 Å². The summed E-state index contributed by atoms with van der Waals surface area (Å²) in [7, 11) is -4.04. The van der Waals surface area contributed by atoms with Crippen LogP contribution in [0.25, 0.3) is 0 Å². The van der Waals surface area contributed by atoms with Crippen molar-refractivity contribution in [1.82, 2.24) is 15.0 Å². The molecule has 6 nitrogen and oxygen atoms in total. The number of rotatable bonds is 9. The number of hydrogen-bond acceptors (Lipinski definition) is 5. The maximum Gasteiger partial charge on any atom is 0.408 e. The predicted molar refractivity (Wildman–Crippen MR) is 106 cm³/mol. The molecule has 1 heterocycles. The molecule has 0 unspecified atom stereocenters. The molecule has 2 atom stereocenters. The molecule has 0 saturated carbocycles. The van der Waals surface area contributed by atoms with Crippen LogP contribution >= 0.6 is 12.4 Å². The Labute approximate surface area is 178 Å². The highest BCUT2D eigenvalue weighted by molar-refractivity contribution is 7.88. The number of nitrogens with zero attached hydrogens (tertiary/aromatic N) is 1. The first-order valence-electron chi connectivity index (χ1n) is 8.55. The minimum absolute atomic E-state index is 0. The molecule has 1 aromatic carbocycles. The van der Waals surface area contributed by atoms with Gasteiger partial charge in [-0.3, -0.25) is 4.98 Å². The molecular weight excluding hydrogens is 450 g/mol. The molecular formula is C18H22ClF4N3O3S. The lowest BCUT2D eigenvalue weighted by molar-refractivity contribution is -0.153. The minimum atomic E-state index is -4.76. The van der Waals surface area contributed by atoms with E-state index < -0.39 is 28.1 Å². The SMILES string of the molecule is C[C@H](CNCc1ccc([C@H](NS(C)(=O)=O)C(F)(F)F)cc1)Oc1cncc(F)c1.Cl. The van der Waals surface area contributed by atoms with Crippen molar-refractivity contribution in [1.29, 1.82) is 0 Å². The fourth-order valence-electron chi connectivity index (χ4n) is 2.52. The van der Waals surface area contributed by atoms with Gasteiger partial charge in [-0.2, -0.15) is 17.9 Å². The Hall–Kier alpha value is -1.95. The summed E-state index contributed by atoms with van der Waals surface area (Å²) in [5.74, 6) is -0.217. The van der Waals surface area contributed by atoms with Crippen LogP contribution in [0.4, 0.5) is 17.6 Å². The summed E-state index contributed by atoms with van der Waals surface area (Å²) in [5.41, 5.74) is 0.496. The number of hydrogen-bond donors (Lipinski definition) is 2. The van der Waals surface area contributed by atoms with Crippen molar-refractivity contribution in [3.05, 3.63) is 59.7 Å². The summed E-state index contributed by atoms with van der Waals surface area (Å²) in [6, 6.07) is 4.31. The van der Waals surface area contributed by atoms with Gasteiger partial charge in [0.2, 0.25) is 10.0 Å². The summed E-state index contributed by atoms with van der Waals surface area (Å²) < 4.78 is 82.1. The van der Waals surface area contributed by atoms with Crippen LogP contribution in [0.2, 0.25) is 0 Å². The maximum atomic E-state index is 13.2. The van der Waals surface area contributed by atoms with Crippen molar-refractivity contribution in [2.45, 2.75) is 31.8 Å². The van der Waals surface area contributed by atoms with Gasteiger partial charge in [-0.25, -0.2) is 12.8 Å². The molecule has 0 fully saturated rings. The van der Waals surface area contributed by atoms with Crippen LogP contribution in [0.15, 0.2) is 42.7 Å². The summed E-state index contributed by atoms with van der Waals surface area (Å²) in [4.78, 5) is 3.68. The molecule has 168 valence electrons. The van der Waals surface area contributed by atoms with Crippen LogP contribution in [0.1, 0.15) is 24.1 Å². The largest absolute Gasteiger partial charge is 0.488 e. The predicted octanol–water partition coefficient (Wildman–Crippen LogP) is 3.35. The third kappa shape index (κ3) is 8.82. The highest BCUT2D eigenvalue weighted by Crippen LogP contribution is 2.33. The van der Waals surface area contributed by atoms with E-state index in [0.29, 0.717) is 30.7 Å². The second-order valence-electron chi connectivity index (χ2n) is 6.50. The molecule has 2 N–H and O–H groups in total. The first-order chi connectivity index (χ1) is 13.4. The molecule has 0 aliphatic heterocycles. The fourth-order valence-corrected chi connectivity index (χ4v) is 3.21. The molecule has 0 saturated heterocycles. The Morgan fingerprint density at radius 1 is 1.17 bits per heavy atom. The number of halogens is 5. The normalized spacial score (nSPS) is 13.9. The van der Waals surface area contributed by atoms with Crippen LogP contribution in [-0.4, -0.2) is 38.5 Å². The molecule has 0 bridgehead atoms. The van der Waals surface area contributed by atoms with Gasteiger partial charge in [0.25, 0.3) is 0 Å². The quantitative estimate of drug-likeness (QED) is 0.548. The Kier molecular flexibility index (Phi) is 9.47. The van der Waals surface area contributed by atoms with Crippen molar-refractivity contribution < 1.29 is 30.7 Å². The monoisotopic (exact) mass is 471 g/mol. The molecule has 0 aliphatic rings. The van der Waals surface area contributed by atoms with Crippen molar-refractivity contribution in [2.24, 2.45) is 0 Å². The zero-order chi connectivity index (χ0) is 21.7. The van der Waals surface area contributed by atoms with E-state index in [1.54, 1.807) is 11.6 Å². The molecule has 0 amide bonds. The van der Waals surface area contributed by atoms with E-state index in [1.807, 2.05) is 0 Å². The minimum Gasteiger partial charge on any atom is -0.488 e. The summed E-state index contributed by atoms with van der Waals surface area (Å²) >= 11 is 0. The number of benzene rings is 1. The van der Waals surface area contributed by atoms with Gasteiger partial charge in [0.15, 0.2) is 0 Å². The second kappa shape index (κ2) is 10.9. The average Bonchev–Trinajstić information content (AvgIpc) is 2.59. The molecule has 30 heavy (non-hydrogen) atoms. The van der Waals surface area contributed by atoms with Crippen LogP contribution in [0, 0.1) is 5.82 Å². The highest BCUT2D eigenvalue weighted by Gasteiger charge is 2.42. The van der Waals surface area contributed by atoms with Gasteiger partial charge in [0, 0.05) is 19.2 Å². The number of aromatic nitrogens is 1. The summed E-state index contributed by atoms with van der Waals surface area (Å²) in [6.07, 6.45) is -1.94. The van der Waals surface area contributed by atoms with Gasteiger partial charge < -0.3 is 10.1 Å². The van der Waals surface area contributed by atoms with Gasteiger partial charge >= 0.3 is 6.18 Å². The number of alkyl halides is 3. The molecule has 0 spiro atoms. The van der Waals surface area contributed by atoms with Crippen molar-refractivity contribution >= 4 is 22.4 Å². The number of sulfonamides is 1. The third-order valence-corrected chi connectivity index (χ3v) is 4.41. The topological polar surface area (TPSA) is 80.3 Å². The van der Waals surface area contributed by atoms with E-state index >= 15 is 0 Å². The lowest BCUT2D eigenvalue weighted by atomic mass is 10.1. The van der Waals surface area contributed by atoms with Gasteiger partial charge in [-0.05, 0) is 18.1 Å². The second-order valence-corrected chi connectivity index (χ2v) is 8.28. The Balaban J connectivity index is 0.00000450. The zero-order valence-electron chi connectivity index (χ0n) is 16.1. The van der Waals surface area contributed by atoms with Crippen molar-refractivity contribution in [3.8, 4) is 5.75 Å². The van der Waals surface area contributed by atoms with Crippen molar-refractivity contribution in [3.63, 3.8) is 0 Å². The first-order valence-corrected chi connectivity index (χ1v) is 10.4.